The summed E-state index contributed by atoms with van der Waals surface area (Å²) < 4.78 is 37.6. The van der Waals surface area contributed by atoms with Gasteiger partial charge in [-0.3, -0.25) is 4.98 Å². The topological polar surface area (TPSA) is 12.9 Å². The molecular weight excluding hydrogens is 215 g/mol. The van der Waals surface area contributed by atoms with Crippen LogP contribution in [0.3, 0.4) is 0 Å². The van der Waals surface area contributed by atoms with Gasteiger partial charge in [0.2, 0.25) is 0 Å². The Kier molecular flexibility index (Phi) is 2.42. The number of rotatable bonds is 1. The molecule has 0 aliphatic carbocycles. The molecule has 0 fully saturated rings. The highest BCUT2D eigenvalue weighted by Crippen LogP contribution is 2.35. The normalized spacial score (nSPS) is 11.7. The van der Waals surface area contributed by atoms with Crippen LogP contribution in [-0.2, 0) is 0 Å². The molecule has 0 N–H and O–H groups in total. The van der Waals surface area contributed by atoms with Gasteiger partial charge in [0, 0.05) is 11.6 Å². The number of hydrogen-bond donors (Lipinski definition) is 0. The maximum absolute atomic E-state index is 12.5. The molecule has 0 spiro atoms. The molecule has 0 aliphatic heterocycles. The summed E-state index contributed by atoms with van der Waals surface area (Å²) in [6, 6.07) is 8.02. The maximum atomic E-state index is 12.5. The van der Waals surface area contributed by atoms with Crippen molar-refractivity contribution in [1.82, 2.24) is 4.98 Å². The van der Waals surface area contributed by atoms with Gasteiger partial charge in [-0.25, -0.2) is 0 Å². The molecule has 0 saturated heterocycles. The smallest absolute Gasteiger partial charge is 0.256 e. The number of nitrogens with zero attached hydrogens (tertiary/aromatic N) is 1. The van der Waals surface area contributed by atoms with E-state index in [1.54, 1.807) is 24.3 Å². The Morgan fingerprint density at radius 2 is 1.81 bits per heavy atom. The molecule has 0 atom stereocenters. The Bertz CT molecular complexity index is 538. The van der Waals surface area contributed by atoms with Crippen LogP contribution < -0.4 is 0 Å². The summed E-state index contributed by atoms with van der Waals surface area (Å²) >= 11 is 0. The molecule has 0 bridgehead atoms. The van der Waals surface area contributed by atoms with Crippen LogP contribution in [0.15, 0.2) is 43.1 Å². The predicted molar refractivity (Wildman–Crippen MR) is 56.8 cm³/mol. The minimum absolute atomic E-state index is 0.0816. The van der Waals surface area contributed by atoms with Crippen LogP contribution in [0.25, 0.3) is 16.5 Å². The largest absolute Gasteiger partial charge is 0.416 e. The number of aromatic nitrogens is 1. The van der Waals surface area contributed by atoms with E-state index in [2.05, 4.69) is 11.6 Å². The first kappa shape index (κ1) is 10.7. The first-order chi connectivity index (χ1) is 7.50. The van der Waals surface area contributed by atoms with Crippen LogP contribution in [0.1, 0.15) is 5.56 Å². The lowest BCUT2D eigenvalue weighted by Crippen LogP contribution is -2.09. The van der Waals surface area contributed by atoms with Crippen LogP contribution in [-0.4, -0.2) is 11.2 Å². The monoisotopic (exact) mass is 223 g/mol. The van der Waals surface area contributed by atoms with Gasteiger partial charge in [0.05, 0.1) is 11.1 Å². The van der Waals surface area contributed by atoms with Crippen molar-refractivity contribution in [3.8, 4) is 0 Å². The molecule has 2 aromatic rings. The van der Waals surface area contributed by atoms with E-state index >= 15 is 0 Å². The summed E-state index contributed by atoms with van der Waals surface area (Å²) in [6.45, 7) is 3.09. The van der Waals surface area contributed by atoms with Gasteiger partial charge in [0.25, 0.3) is 0 Å². The molecule has 2 rings (SSSR count). The fourth-order valence-electron chi connectivity index (χ4n) is 1.51. The summed E-state index contributed by atoms with van der Waals surface area (Å²) in [6.07, 6.45) is -3.06. The van der Waals surface area contributed by atoms with Gasteiger partial charge in [-0.2, -0.15) is 13.2 Å². The quantitative estimate of drug-likeness (QED) is 0.716. The Balaban J connectivity index is 2.66. The highest BCUT2D eigenvalue weighted by molar-refractivity contribution is 5.91. The number of alkyl halides is 3. The lowest BCUT2D eigenvalue weighted by Gasteiger charge is -2.12. The number of pyridine rings is 1. The van der Waals surface area contributed by atoms with E-state index in [1.165, 1.54) is 12.3 Å². The van der Waals surface area contributed by atoms with Crippen LogP contribution in [0.4, 0.5) is 13.2 Å². The van der Waals surface area contributed by atoms with Crippen molar-refractivity contribution in [2.24, 2.45) is 0 Å². The third-order valence-corrected chi connectivity index (χ3v) is 2.32. The predicted octanol–water partition coefficient (Wildman–Crippen LogP) is 3.81. The zero-order chi connectivity index (χ0) is 11.8. The molecule has 1 nitrogen and oxygen atoms in total. The molecule has 82 valence electrons. The van der Waals surface area contributed by atoms with Gasteiger partial charge in [-0.1, -0.05) is 24.8 Å². The van der Waals surface area contributed by atoms with Gasteiger partial charge in [0.1, 0.15) is 0 Å². The maximum Gasteiger partial charge on any atom is 0.416 e. The van der Waals surface area contributed by atoms with E-state index in [9.17, 15) is 13.2 Å². The minimum atomic E-state index is -4.41. The SMILES string of the molecule is C=C(c1ccnc2ccccc12)C(F)(F)F. The Hall–Kier alpha value is -1.84. The molecule has 0 amide bonds. The second kappa shape index (κ2) is 3.63. The summed E-state index contributed by atoms with van der Waals surface area (Å²) in [4.78, 5) is 4.00. The third kappa shape index (κ3) is 1.78. The van der Waals surface area contributed by atoms with Crippen LogP contribution in [0, 0.1) is 0 Å². The highest BCUT2D eigenvalue weighted by atomic mass is 19.4. The second-order valence-corrected chi connectivity index (χ2v) is 3.35. The van der Waals surface area contributed by atoms with Gasteiger partial charge in [-0.15, -0.1) is 0 Å². The van der Waals surface area contributed by atoms with Crippen molar-refractivity contribution in [3.05, 3.63) is 48.7 Å². The van der Waals surface area contributed by atoms with Crippen LogP contribution in [0.2, 0.25) is 0 Å². The third-order valence-electron chi connectivity index (χ3n) is 2.32. The zero-order valence-corrected chi connectivity index (χ0v) is 8.25. The van der Waals surface area contributed by atoms with Crippen molar-refractivity contribution in [1.29, 1.82) is 0 Å². The summed E-state index contributed by atoms with van der Waals surface area (Å²) in [5, 5.41) is 0.465. The molecule has 1 aromatic carbocycles. The molecule has 0 unspecified atom stereocenters. The molecular formula is C12H8F3N. The summed E-state index contributed by atoms with van der Waals surface area (Å²) in [7, 11) is 0. The lowest BCUT2D eigenvalue weighted by atomic mass is 10.0. The van der Waals surface area contributed by atoms with Crippen molar-refractivity contribution in [3.63, 3.8) is 0 Å². The fraction of sp³-hybridized carbons (Fsp3) is 0.0833. The number of halogens is 3. The van der Waals surface area contributed by atoms with Gasteiger partial charge >= 0.3 is 6.18 Å². The fourth-order valence-corrected chi connectivity index (χ4v) is 1.51. The second-order valence-electron chi connectivity index (χ2n) is 3.35. The Morgan fingerprint density at radius 3 is 2.50 bits per heavy atom. The molecule has 1 aromatic heterocycles. The van der Waals surface area contributed by atoms with Crippen molar-refractivity contribution in [2.45, 2.75) is 6.18 Å². The molecule has 0 saturated carbocycles. The number of allylic oxidation sites excluding steroid dienone is 1. The van der Waals surface area contributed by atoms with Crippen molar-refractivity contribution >= 4 is 16.5 Å². The first-order valence-electron chi connectivity index (χ1n) is 4.60. The Labute approximate surface area is 90.2 Å². The summed E-state index contributed by atoms with van der Waals surface area (Å²) in [5.74, 6) is 0. The highest BCUT2D eigenvalue weighted by Gasteiger charge is 2.33. The van der Waals surface area contributed by atoms with E-state index in [1.807, 2.05) is 0 Å². The van der Waals surface area contributed by atoms with E-state index in [0.717, 1.165) is 0 Å². The van der Waals surface area contributed by atoms with E-state index in [0.29, 0.717) is 10.9 Å². The van der Waals surface area contributed by atoms with Gasteiger partial charge < -0.3 is 0 Å². The molecule has 4 heteroatoms. The minimum Gasteiger partial charge on any atom is -0.256 e. The molecule has 16 heavy (non-hydrogen) atoms. The average molecular weight is 223 g/mol. The van der Waals surface area contributed by atoms with Gasteiger partial charge in [-0.05, 0) is 17.7 Å². The van der Waals surface area contributed by atoms with Crippen molar-refractivity contribution < 1.29 is 13.2 Å². The number of para-hydroxylation sites is 1. The molecule has 1 heterocycles. The number of fused-ring (bicyclic) bond motifs is 1. The molecule has 0 aliphatic rings. The van der Waals surface area contributed by atoms with Crippen LogP contribution in [0.5, 0.6) is 0 Å². The van der Waals surface area contributed by atoms with E-state index < -0.39 is 11.7 Å². The standard InChI is InChI=1S/C12H8F3N/c1-8(12(13,14)15)9-6-7-16-11-5-3-2-4-10(9)11/h2-7H,1H2. The van der Waals surface area contributed by atoms with Gasteiger partial charge in [0.15, 0.2) is 0 Å². The lowest BCUT2D eigenvalue weighted by molar-refractivity contribution is -0.0685. The first-order valence-corrected chi connectivity index (χ1v) is 4.60. The van der Waals surface area contributed by atoms with E-state index in [4.69, 9.17) is 0 Å². The number of benzene rings is 1. The molecule has 0 radical (unpaired) electrons. The Morgan fingerprint density at radius 1 is 1.12 bits per heavy atom. The van der Waals surface area contributed by atoms with E-state index in [-0.39, 0.29) is 5.56 Å². The van der Waals surface area contributed by atoms with Crippen LogP contribution >= 0.6 is 0 Å². The summed E-state index contributed by atoms with van der Waals surface area (Å²) in [5.41, 5.74) is -0.227. The average Bonchev–Trinajstić information content (AvgIpc) is 2.26. The number of hydrogen-bond acceptors (Lipinski definition) is 1. The van der Waals surface area contributed by atoms with Crippen molar-refractivity contribution in [2.75, 3.05) is 0 Å². The zero-order valence-electron chi connectivity index (χ0n) is 8.25.